The van der Waals surface area contributed by atoms with Gasteiger partial charge >= 0.3 is 0 Å². The molecule has 1 rings (SSSR count). The molecule has 0 aromatic carbocycles. The average Bonchev–Trinajstić information content (AvgIpc) is 2.51. The van der Waals surface area contributed by atoms with Crippen LogP contribution in [0.4, 0.5) is 0 Å². The summed E-state index contributed by atoms with van der Waals surface area (Å²) in [5.74, 6) is 0.644. The van der Waals surface area contributed by atoms with Crippen molar-refractivity contribution >= 4 is 5.91 Å². The number of hydrogen-bond acceptors (Lipinski definition) is 3. The maximum absolute atomic E-state index is 11.0. The van der Waals surface area contributed by atoms with E-state index in [1.165, 1.54) is 0 Å². The van der Waals surface area contributed by atoms with Crippen LogP contribution in [0.15, 0.2) is 12.4 Å². The lowest BCUT2D eigenvalue weighted by Crippen LogP contribution is -2.51. The van der Waals surface area contributed by atoms with Crippen LogP contribution in [0.3, 0.4) is 0 Å². The molecule has 0 radical (unpaired) electrons. The van der Waals surface area contributed by atoms with E-state index < -0.39 is 5.54 Å². The highest BCUT2D eigenvalue weighted by molar-refractivity contribution is 5.83. The highest BCUT2D eigenvalue weighted by Gasteiger charge is 2.23. The molecule has 0 saturated carbocycles. The molecule has 0 aliphatic rings. The van der Waals surface area contributed by atoms with Gasteiger partial charge in [-0.3, -0.25) is 4.79 Å². The minimum absolute atomic E-state index is 0.345. The van der Waals surface area contributed by atoms with Gasteiger partial charge in [0.25, 0.3) is 0 Å². The van der Waals surface area contributed by atoms with E-state index in [4.69, 9.17) is 5.73 Å². The SMILES string of the molecule is Cn1ccnc1CCNC(C)(C)C(N)=O. The lowest BCUT2D eigenvalue weighted by molar-refractivity contribution is -0.123. The highest BCUT2D eigenvalue weighted by atomic mass is 16.1. The Morgan fingerprint density at radius 2 is 2.33 bits per heavy atom. The fraction of sp³-hybridized carbons (Fsp3) is 0.600. The molecule has 1 heterocycles. The second-order valence-electron chi connectivity index (χ2n) is 4.12. The maximum Gasteiger partial charge on any atom is 0.237 e. The Labute approximate surface area is 89.7 Å². The molecule has 0 aliphatic carbocycles. The van der Waals surface area contributed by atoms with E-state index in [2.05, 4.69) is 10.3 Å². The summed E-state index contributed by atoms with van der Waals surface area (Å²) in [5, 5.41) is 3.10. The molecular weight excluding hydrogens is 192 g/mol. The van der Waals surface area contributed by atoms with Crippen LogP contribution < -0.4 is 11.1 Å². The third-order valence-corrected chi connectivity index (χ3v) is 2.45. The molecule has 1 amide bonds. The number of carbonyl (C=O) groups excluding carboxylic acids is 1. The molecule has 84 valence electrons. The van der Waals surface area contributed by atoms with Crippen molar-refractivity contribution < 1.29 is 4.79 Å². The Morgan fingerprint density at radius 3 is 2.80 bits per heavy atom. The van der Waals surface area contributed by atoms with Crippen molar-refractivity contribution in [2.75, 3.05) is 6.54 Å². The van der Waals surface area contributed by atoms with E-state index >= 15 is 0 Å². The van der Waals surface area contributed by atoms with Crippen molar-refractivity contribution in [3.8, 4) is 0 Å². The van der Waals surface area contributed by atoms with E-state index in [1.807, 2.05) is 17.8 Å². The van der Waals surface area contributed by atoms with Gasteiger partial charge in [-0.1, -0.05) is 0 Å². The number of nitrogens with zero attached hydrogens (tertiary/aromatic N) is 2. The third kappa shape index (κ3) is 3.06. The summed E-state index contributed by atoms with van der Waals surface area (Å²) in [6.45, 7) is 4.22. The summed E-state index contributed by atoms with van der Waals surface area (Å²) in [7, 11) is 1.95. The number of nitrogens with two attached hydrogens (primary N) is 1. The second kappa shape index (κ2) is 4.44. The molecule has 0 atom stereocenters. The van der Waals surface area contributed by atoms with Crippen LogP contribution in [0.1, 0.15) is 19.7 Å². The molecule has 1 aromatic rings. The molecule has 15 heavy (non-hydrogen) atoms. The zero-order valence-electron chi connectivity index (χ0n) is 9.45. The van der Waals surface area contributed by atoms with Gasteiger partial charge in [0.1, 0.15) is 5.82 Å². The molecule has 3 N–H and O–H groups in total. The van der Waals surface area contributed by atoms with Crippen LogP contribution in [0.5, 0.6) is 0 Å². The molecule has 0 unspecified atom stereocenters. The van der Waals surface area contributed by atoms with Crippen molar-refractivity contribution in [2.45, 2.75) is 25.8 Å². The lowest BCUT2D eigenvalue weighted by Gasteiger charge is -2.22. The Bertz CT molecular complexity index is 343. The van der Waals surface area contributed by atoms with Crippen LogP contribution in [0, 0.1) is 0 Å². The molecular formula is C10H18N4O. The molecule has 5 nitrogen and oxygen atoms in total. The third-order valence-electron chi connectivity index (χ3n) is 2.45. The first kappa shape index (κ1) is 11.7. The number of aryl methyl sites for hydroxylation is 1. The fourth-order valence-corrected chi connectivity index (χ4v) is 1.21. The van der Waals surface area contributed by atoms with Crippen molar-refractivity contribution in [1.82, 2.24) is 14.9 Å². The molecule has 0 aliphatic heterocycles. The maximum atomic E-state index is 11.0. The Morgan fingerprint density at radius 1 is 1.67 bits per heavy atom. The van der Waals surface area contributed by atoms with Gasteiger partial charge in [0.2, 0.25) is 5.91 Å². The topological polar surface area (TPSA) is 72.9 Å². The normalized spacial score (nSPS) is 11.7. The number of nitrogens with one attached hydrogen (secondary N) is 1. The number of amides is 1. The summed E-state index contributed by atoms with van der Waals surface area (Å²) < 4.78 is 1.96. The fourth-order valence-electron chi connectivity index (χ4n) is 1.21. The number of carbonyl (C=O) groups is 1. The van der Waals surface area contributed by atoms with Gasteiger partial charge in [-0.05, 0) is 13.8 Å². The summed E-state index contributed by atoms with van der Waals surface area (Å²) in [6.07, 6.45) is 4.43. The predicted molar refractivity (Wildman–Crippen MR) is 58.2 cm³/mol. The molecule has 5 heteroatoms. The first-order valence-electron chi connectivity index (χ1n) is 4.94. The summed E-state index contributed by atoms with van der Waals surface area (Å²) >= 11 is 0. The Kier molecular flexibility index (Phi) is 3.47. The number of aromatic nitrogens is 2. The quantitative estimate of drug-likeness (QED) is 0.708. The van der Waals surface area contributed by atoms with Gasteiger partial charge in [-0.2, -0.15) is 0 Å². The minimum atomic E-state index is -0.662. The standard InChI is InChI=1S/C10H18N4O/c1-10(2,9(11)15)13-5-4-8-12-6-7-14(8)3/h6-7,13H,4-5H2,1-3H3,(H2,11,15). The largest absolute Gasteiger partial charge is 0.368 e. The lowest BCUT2D eigenvalue weighted by atomic mass is 10.1. The van der Waals surface area contributed by atoms with Crippen molar-refractivity contribution in [3.05, 3.63) is 18.2 Å². The van der Waals surface area contributed by atoms with E-state index in [0.29, 0.717) is 6.54 Å². The number of primary amides is 1. The van der Waals surface area contributed by atoms with Crippen LogP contribution in [-0.2, 0) is 18.3 Å². The van der Waals surface area contributed by atoms with Gasteiger partial charge in [-0.15, -0.1) is 0 Å². The zero-order valence-corrected chi connectivity index (χ0v) is 9.45. The van der Waals surface area contributed by atoms with E-state index in [0.717, 1.165) is 12.2 Å². The van der Waals surface area contributed by atoms with Crippen LogP contribution in [0.25, 0.3) is 0 Å². The van der Waals surface area contributed by atoms with Crippen molar-refractivity contribution in [3.63, 3.8) is 0 Å². The smallest absolute Gasteiger partial charge is 0.237 e. The van der Waals surface area contributed by atoms with Crippen LogP contribution in [-0.4, -0.2) is 27.5 Å². The molecule has 0 saturated heterocycles. The summed E-state index contributed by atoms with van der Waals surface area (Å²) in [4.78, 5) is 15.2. The van der Waals surface area contributed by atoms with Crippen LogP contribution >= 0.6 is 0 Å². The van der Waals surface area contributed by atoms with E-state index in [9.17, 15) is 4.79 Å². The van der Waals surface area contributed by atoms with E-state index in [1.54, 1.807) is 20.0 Å². The van der Waals surface area contributed by atoms with Gasteiger partial charge in [0.15, 0.2) is 0 Å². The van der Waals surface area contributed by atoms with Gasteiger partial charge in [0, 0.05) is 32.4 Å². The first-order valence-corrected chi connectivity index (χ1v) is 4.94. The summed E-state index contributed by atoms with van der Waals surface area (Å²) in [6, 6.07) is 0. The zero-order chi connectivity index (χ0) is 11.5. The summed E-state index contributed by atoms with van der Waals surface area (Å²) in [5.41, 5.74) is 4.58. The van der Waals surface area contributed by atoms with E-state index in [-0.39, 0.29) is 5.91 Å². The van der Waals surface area contributed by atoms with Gasteiger partial charge in [-0.25, -0.2) is 4.98 Å². The highest BCUT2D eigenvalue weighted by Crippen LogP contribution is 2.01. The van der Waals surface area contributed by atoms with Crippen LogP contribution in [0.2, 0.25) is 0 Å². The second-order valence-corrected chi connectivity index (χ2v) is 4.12. The van der Waals surface area contributed by atoms with Gasteiger partial charge in [0.05, 0.1) is 5.54 Å². The van der Waals surface area contributed by atoms with Crippen molar-refractivity contribution in [2.24, 2.45) is 12.8 Å². The Hall–Kier alpha value is -1.36. The molecule has 0 fully saturated rings. The Balaban J connectivity index is 2.40. The van der Waals surface area contributed by atoms with Crippen molar-refractivity contribution in [1.29, 1.82) is 0 Å². The predicted octanol–water partition coefficient (Wildman–Crippen LogP) is -0.184. The first-order chi connectivity index (χ1) is 6.93. The average molecular weight is 210 g/mol. The number of imidazole rings is 1. The molecule has 1 aromatic heterocycles. The monoisotopic (exact) mass is 210 g/mol. The molecule has 0 spiro atoms. The number of hydrogen-bond donors (Lipinski definition) is 2. The minimum Gasteiger partial charge on any atom is -0.368 e. The molecule has 0 bridgehead atoms. The van der Waals surface area contributed by atoms with Gasteiger partial charge < -0.3 is 15.6 Å². The number of rotatable bonds is 5.